The monoisotopic (exact) mass is 310 g/mol. The fourth-order valence-corrected chi connectivity index (χ4v) is 2.90. The number of fused-ring (bicyclic) bond motifs is 1. The van der Waals surface area contributed by atoms with Crippen molar-refractivity contribution >= 4 is 26.7 Å². The van der Waals surface area contributed by atoms with Crippen molar-refractivity contribution in [1.82, 2.24) is 9.55 Å². The topological polar surface area (TPSA) is 104 Å². The maximum absolute atomic E-state index is 11.1. The fraction of sp³-hybridized carbons (Fsp3) is 0.500. The van der Waals surface area contributed by atoms with Crippen LogP contribution in [0.15, 0.2) is 18.2 Å². The third kappa shape index (κ3) is 3.74. The molecule has 0 atom stereocenters. The molecular weight excluding hydrogens is 288 g/mol. The van der Waals surface area contributed by atoms with E-state index < -0.39 is 10.0 Å². The lowest BCUT2D eigenvalue weighted by Gasteiger charge is -2.20. The molecule has 0 spiro atoms. The van der Waals surface area contributed by atoms with E-state index in [2.05, 4.69) is 30.3 Å². The van der Waals surface area contributed by atoms with E-state index in [9.17, 15) is 8.42 Å². The van der Waals surface area contributed by atoms with Crippen LogP contribution in [0.3, 0.4) is 0 Å². The molecule has 0 radical (unpaired) electrons. The molecule has 0 amide bonds. The van der Waals surface area contributed by atoms with Gasteiger partial charge in [0.2, 0.25) is 10.0 Å². The van der Waals surface area contributed by atoms with Crippen LogP contribution in [-0.4, -0.2) is 23.7 Å². The summed E-state index contributed by atoms with van der Waals surface area (Å²) in [5.41, 5.74) is 8.12. The van der Waals surface area contributed by atoms with Crippen LogP contribution in [0.5, 0.6) is 0 Å². The van der Waals surface area contributed by atoms with Crippen molar-refractivity contribution in [3.05, 3.63) is 24.0 Å². The number of sulfonamides is 1. The maximum Gasteiger partial charge on any atom is 0.209 e. The third-order valence-electron chi connectivity index (χ3n) is 3.25. The average molecular weight is 310 g/mol. The first-order valence-electron chi connectivity index (χ1n) is 6.85. The van der Waals surface area contributed by atoms with E-state index >= 15 is 0 Å². The fourth-order valence-electron chi connectivity index (χ4n) is 2.37. The van der Waals surface area contributed by atoms with E-state index in [1.54, 1.807) is 0 Å². The van der Waals surface area contributed by atoms with E-state index in [4.69, 9.17) is 10.9 Å². The quantitative estimate of drug-likeness (QED) is 0.837. The summed E-state index contributed by atoms with van der Waals surface area (Å²) in [5, 5.41) is 5.06. The molecule has 0 aliphatic rings. The van der Waals surface area contributed by atoms with Crippen molar-refractivity contribution in [3.8, 4) is 0 Å². The lowest BCUT2D eigenvalue weighted by molar-refractivity contribution is 0.500. The summed E-state index contributed by atoms with van der Waals surface area (Å²) in [6.45, 7) is 6.79. The zero-order valence-electron chi connectivity index (χ0n) is 12.6. The number of nitrogen functional groups attached to an aromatic ring is 1. The number of nitrogens with two attached hydrogens (primary N) is 2. The summed E-state index contributed by atoms with van der Waals surface area (Å²) in [6, 6.07) is 5.58. The first kappa shape index (κ1) is 15.8. The third-order valence-corrected chi connectivity index (χ3v) is 4.11. The Bertz CT molecular complexity index is 757. The predicted octanol–water partition coefficient (Wildman–Crippen LogP) is 1.59. The minimum atomic E-state index is -3.44. The Balaban J connectivity index is 2.43. The smallest absolute Gasteiger partial charge is 0.209 e. The lowest BCUT2D eigenvalue weighted by Crippen LogP contribution is -2.21. The van der Waals surface area contributed by atoms with Gasteiger partial charge in [0.25, 0.3) is 0 Å². The van der Waals surface area contributed by atoms with Gasteiger partial charge in [0, 0.05) is 17.6 Å². The Kier molecular flexibility index (Phi) is 3.99. The zero-order chi connectivity index (χ0) is 15.8. The lowest BCUT2D eigenvalue weighted by atomic mass is 9.95. The molecule has 2 rings (SSSR count). The zero-order valence-corrected chi connectivity index (χ0v) is 13.4. The number of hydrogen-bond acceptors (Lipinski definition) is 4. The first-order chi connectivity index (χ1) is 9.58. The number of aromatic nitrogens is 2. The minimum Gasteiger partial charge on any atom is -0.399 e. The molecule has 1 aromatic heterocycles. The molecule has 0 saturated heterocycles. The molecule has 21 heavy (non-hydrogen) atoms. The molecule has 0 saturated carbocycles. The van der Waals surface area contributed by atoms with E-state index in [-0.39, 0.29) is 11.2 Å². The predicted molar refractivity (Wildman–Crippen MR) is 85.4 cm³/mol. The Labute approximate surface area is 125 Å². The molecular formula is C14H22N4O2S. The highest BCUT2D eigenvalue weighted by Gasteiger charge is 2.23. The van der Waals surface area contributed by atoms with E-state index in [1.807, 2.05) is 18.2 Å². The first-order valence-corrected chi connectivity index (χ1v) is 8.56. The van der Waals surface area contributed by atoms with Crippen LogP contribution in [0.2, 0.25) is 0 Å². The average Bonchev–Trinajstić information content (AvgIpc) is 2.65. The standard InChI is InChI=1S/C14H22N4O2S/c1-14(2,3)13-17-11-9-10(15)5-6-12(11)18(13)7-4-8-21(16,19)20/h5-6,9H,4,7-8,15H2,1-3H3,(H2,16,19,20). The van der Waals surface area contributed by atoms with Crippen molar-refractivity contribution in [2.45, 2.75) is 39.2 Å². The number of aryl methyl sites for hydroxylation is 1. The maximum atomic E-state index is 11.1. The molecule has 0 aliphatic carbocycles. The summed E-state index contributed by atoms with van der Waals surface area (Å²) in [6.07, 6.45) is 0.456. The molecule has 0 unspecified atom stereocenters. The second-order valence-corrected chi connectivity index (χ2v) is 8.04. The minimum absolute atomic E-state index is 0.0365. The van der Waals surface area contributed by atoms with Gasteiger partial charge in [0.15, 0.2) is 0 Å². The Morgan fingerprint density at radius 1 is 1.29 bits per heavy atom. The van der Waals surface area contributed by atoms with E-state index in [1.165, 1.54) is 0 Å². The Morgan fingerprint density at radius 3 is 2.52 bits per heavy atom. The summed E-state index contributed by atoms with van der Waals surface area (Å²) >= 11 is 0. The van der Waals surface area contributed by atoms with Gasteiger partial charge >= 0.3 is 0 Å². The number of rotatable bonds is 4. The number of imidazole rings is 1. The van der Waals surface area contributed by atoms with Crippen molar-refractivity contribution in [1.29, 1.82) is 0 Å². The van der Waals surface area contributed by atoms with Crippen molar-refractivity contribution in [3.63, 3.8) is 0 Å². The van der Waals surface area contributed by atoms with Gasteiger partial charge in [-0.15, -0.1) is 0 Å². The van der Waals surface area contributed by atoms with Crippen LogP contribution in [0, 0.1) is 0 Å². The molecule has 0 bridgehead atoms. The van der Waals surface area contributed by atoms with Crippen molar-refractivity contribution in [2.24, 2.45) is 5.14 Å². The Hall–Kier alpha value is -1.60. The summed E-state index contributed by atoms with van der Waals surface area (Å²) < 4.78 is 24.2. The molecule has 2 aromatic rings. The van der Waals surface area contributed by atoms with Crippen LogP contribution in [0.1, 0.15) is 33.0 Å². The highest BCUT2D eigenvalue weighted by atomic mass is 32.2. The van der Waals surface area contributed by atoms with Crippen LogP contribution >= 0.6 is 0 Å². The van der Waals surface area contributed by atoms with Crippen LogP contribution in [0.4, 0.5) is 5.69 Å². The van der Waals surface area contributed by atoms with Crippen LogP contribution < -0.4 is 10.9 Å². The van der Waals surface area contributed by atoms with Gasteiger partial charge in [-0.2, -0.15) is 0 Å². The molecule has 1 heterocycles. The second kappa shape index (κ2) is 5.31. The number of anilines is 1. The normalized spacial score (nSPS) is 13.0. The summed E-state index contributed by atoms with van der Waals surface area (Å²) in [5.74, 6) is 0.878. The molecule has 7 heteroatoms. The van der Waals surface area contributed by atoms with Gasteiger partial charge in [-0.3, -0.25) is 0 Å². The molecule has 116 valence electrons. The van der Waals surface area contributed by atoms with Gasteiger partial charge in [-0.1, -0.05) is 20.8 Å². The van der Waals surface area contributed by atoms with E-state index in [0.717, 1.165) is 16.9 Å². The van der Waals surface area contributed by atoms with Gasteiger partial charge in [-0.05, 0) is 24.6 Å². The number of hydrogen-bond donors (Lipinski definition) is 2. The highest BCUT2D eigenvalue weighted by molar-refractivity contribution is 7.89. The van der Waals surface area contributed by atoms with Gasteiger partial charge < -0.3 is 10.3 Å². The van der Waals surface area contributed by atoms with Gasteiger partial charge in [0.1, 0.15) is 5.82 Å². The van der Waals surface area contributed by atoms with Crippen LogP contribution in [-0.2, 0) is 22.0 Å². The largest absolute Gasteiger partial charge is 0.399 e. The molecule has 6 nitrogen and oxygen atoms in total. The van der Waals surface area contributed by atoms with Crippen molar-refractivity contribution < 1.29 is 8.42 Å². The SMILES string of the molecule is CC(C)(C)c1nc2cc(N)ccc2n1CCCS(N)(=O)=O. The number of nitrogens with zero attached hydrogens (tertiary/aromatic N) is 2. The molecule has 1 aromatic carbocycles. The molecule has 4 N–H and O–H groups in total. The van der Waals surface area contributed by atoms with Gasteiger partial charge in [-0.25, -0.2) is 18.5 Å². The van der Waals surface area contributed by atoms with Crippen molar-refractivity contribution in [2.75, 3.05) is 11.5 Å². The number of benzene rings is 1. The highest BCUT2D eigenvalue weighted by Crippen LogP contribution is 2.27. The summed E-state index contributed by atoms with van der Waals surface area (Å²) in [7, 11) is -3.44. The summed E-state index contributed by atoms with van der Waals surface area (Å²) in [4.78, 5) is 4.66. The van der Waals surface area contributed by atoms with Crippen LogP contribution in [0.25, 0.3) is 11.0 Å². The Morgan fingerprint density at radius 2 is 1.95 bits per heavy atom. The second-order valence-electron chi connectivity index (χ2n) is 6.31. The molecule has 0 fully saturated rings. The number of primary sulfonamides is 1. The van der Waals surface area contributed by atoms with Gasteiger partial charge in [0.05, 0.1) is 16.8 Å². The molecule has 0 aliphatic heterocycles. The van der Waals surface area contributed by atoms with E-state index in [0.29, 0.717) is 18.7 Å².